The molecule has 1 saturated heterocycles. The second-order valence-corrected chi connectivity index (χ2v) is 3.38. The van der Waals surface area contributed by atoms with E-state index in [0.717, 1.165) is 0 Å². The highest BCUT2D eigenvalue weighted by Crippen LogP contribution is 2.22. The maximum Gasteiger partial charge on any atom is 0.154 e. The Hall–Kier alpha value is -0.980. The first kappa shape index (κ1) is 9.57. The van der Waals surface area contributed by atoms with Crippen LogP contribution in [0.2, 0.25) is 0 Å². The average Bonchev–Trinajstić information content (AvgIpc) is 2.46. The van der Waals surface area contributed by atoms with Crippen molar-refractivity contribution in [3.63, 3.8) is 0 Å². The smallest absolute Gasteiger partial charge is 0.154 e. The fraction of sp³-hybridized carbons (Fsp3) is 0.750. The second kappa shape index (κ2) is 3.64. The van der Waals surface area contributed by atoms with E-state index in [0.29, 0.717) is 18.9 Å². The molecule has 2 heterocycles. The Bertz CT molecular complexity index is 305. The van der Waals surface area contributed by atoms with E-state index >= 15 is 0 Å². The van der Waals surface area contributed by atoms with Crippen LogP contribution in [0.1, 0.15) is 5.69 Å². The van der Waals surface area contributed by atoms with E-state index in [1.165, 1.54) is 10.9 Å². The Morgan fingerprint density at radius 3 is 2.57 bits per heavy atom. The predicted octanol–water partition coefficient (Wildman–Crippen LogP) is -0.951. The molecule has 0 unspecified atom stereocenters. The molecule has 6 nitrogen and oxygen atoms in total. The topological polar surface area (TPSA) is 69.4 Å². The van der Waals surface area contributed by atoms with Crippen molar-refractivity contribution in [1.82, 2.24) is 15.0 Å². The van der Waals surface area contributed by atoms with Gasteiger partial charge in [0.15, 0.2) is 5.60 Å². The van der Waals surface area contributed by atoms with Gasteiger partial charge in [0, 0.05) is 7.05 Å². The second-order valence-electron chi connectivity index (χ2n) is 3.38. The van der Waals surface area contributed by atoms with Gasteiger partial charge in [0.2, 0.25) is 0 Å². The number of ether oxygens (including phenoxy) is 2. The van der Waals surface area contributed by atoms with Crippen molar-refractivity contribution in [2.45, 2.75) is 5.60 Å². The largest absolute Gasteiger partial charge is 0.379 e. The van der Waals surface area contributed by atoms with Crippen molar-refractivity contribution < 1.29 is 14.6 Å². The molecule has 14 heavy (non-hydrogen) atoms. The van der Waals surface area contributed by atoms with Gasteiger partial charge in [-0.05, 0) is 0 Å². The lowest BCUT2D eigenvalue weighted by molar-refractivity contribution is -0.0653. The maximum atomic E-state index is 10.2. The van der Waals surface area contributed by atoms with Crippen LogP contribution in [0, 0.1) is 0 Å². The number of rotatable bonds is 1. The van der Waals surface area contributed by atoms with Gasteiger partial charge in [0.1, 0.15) is 0 Å². The summed E-state index contributed by atoms with van der Waals surface area (Å²) in [6, 6.07) is 0. The van der Waals surface area contributed by atoms with Crippen LogP contribution in [0.15, 0.2) is 6.20 Å². The molecular formula is C8H13N3O3. The van der Waals surface area contributed by atoms with Gasteiger partial charge in [-0.2, -0.15) is 0 Å². The molecule has 0 amide bonds. The predicted molar refractivity (Wildman–Crippen MR) is 46.5 cm³/mol. The molecule has 0 aromatic carbocycles. The lowest BCUT2D eigenvalue weighted by Gasteiger charge is -2.24. The molecule has 1 aliphatic rings. The molecule has 1 aliphatic heterocycles. The van der Waals surface area contributed by atoms with Crippen molar-refractivity contribution >= 4 is 0 Å². The lowest BCUT2D eigenvalue weighted by Crippen LogP contribution is -2.37. The first-order valence-corrected chi connectivity index (χ1v) is 4.45. The molecule has 1 aromatic rings. The van der Waals surface area contributed by atoms with Gasteiger partial charge in [-0.15, -0.1) is 5.10 Å². The fourth-order valence-corrected chi connectivity index (χ4v) is 1.50. The maximum absolute atomic E-state index is 10.2. The van der Waals surface area contributed by atoms with Gasteiger partial charge in [-0.3, -0.25) is 0 Å². The Morgan fingerprint density at radius 1 is 1.43 bits per heavy atom. The number of hydrogen-bond acceptors (Lipinski definition) is 5. The van der Waals surface area contributed by atoms with E-state index in [4.69, 9.17) is 9.47 Å². The van der Waals surface area contributed by atoms with Crippen LogP contribution in [0.3, 0.4) is 0 Å². The summed E-state index contributed by atoms with van der Waals surface area (Å²) in [4.78, 5) is 0. The van der Waals surface area contributed by atoms with Crippen LogP contribution in [0.5, 0.6) is 0 Å². The van der Waals surface area contributed by atoms with Crippen molar-refractivity contribution in [2.75, 3.05) is 26.4 Å². The molecule has 1 N–H and O–H groups in total. The zero-order valence-electron chi connectivity index (χ0n) is 8.01. The number of nitrogens with zero attached hydrogens (tertiary/aromatic N) is 3. The lowest BCUT2D eigenvalue weighted by atomic mass is 10.0. The normalized spacial score (nSPS) is 21.9. The van der Waals surface area contributed by atoms with Crippen LogP contribution >= 0.6 is 0 Å². The number of aryl methyl sites for hydroxylation is 1. The van der Waals surface area contributed by atoms with E-state index < -0.39 is 5.60 Å². The molecular weight excluding hydrogens is 186 g/mol. The molecule has 78 valence electrons. The van der Waals surface area contributed by atoms with Crippen molar-refractivity contribution in [3.05, 3.63) is 11.9 Å². The third-order valence-corrected chi connectivity index (χ3v) is 2.24. The zero-order valence-corrected chi connectivity index (χ0v) is 8.01. The van der Waals surface area contributed by atoms with E-state index in [1.54, 1.807) is 7.05 Å². The summed E-state index contributed by atoms with van der Waals surface area (Å²) < 4.78 is 12.0. The summed E-state index contributed by atoms with van der Waals surface area (Å²) in [6.07, 6.45) is 1.53. The van der Waals surface area contributed by atoms with Crippen LogP contribution in [0.4, 0.5) is 0 Å². The highest BCUT2D eigenvalue weighted by Gasteiger charge is 2.35. The van der Waals surface area contributed by atoms with Gasteiger partial charge in [0.05, 0.1) is 38.3 Å². The average molecular weight is 199 g/mol. The van der Waals surface area contributed by atoms with Crippen molar-refractivity contribution in [1.29, 1.82) is 0 Å². The highest BCUT2D eigenvalue weighted by molar-refractivity contribution is 5.08. The van der Waals surface area contributed by atoms with Crippen LogP contribution in [-0.4, -0.2) is 46.5 Å². The van der Waals surface area contributed by atoms with E-state index in [9.17, 15) is 5.11 Å². The van der Waals surface area contributed by atoms with Gasteiger partial charge in [0.25, 0.3) is 0 Å². The molecule has 0 aliphatic carbocycles. The number of hydrogen-bond donors (Lipinski definition) is 1. The summed E-state index contributed by atoms with van der Waals surface area (Å²) in [7, 11) is 1.73. The quantitative estimate of drug-likeness (QED) is 0.631. The van der Waals surface area contributed by atoms with E-state index in [1.807, 2.05) is 0 Å². The van der Waals surface area contributed by atoms with Crippen molar-refractivity contribution in [2.24, 2.45) is 7.05 Å². The summed E-state index contributed by atoms with van der Waals surface area (Å²) in [5, 5.41) is 17.7. The van der Waals surface area contributed by atoms with Crippen molar-refractivity contribution in [3.8, 4) is 0 Å². The summed E-state index contributed by atoms with van der Waals surface area (Å²) in [6.45, 7) is 1.45. The van der Waals surface area contributed by atoms with E-state index in [-0.39, 0.29) is 13.2 Å². The minimum absolute atomic E-state index is 0.216. The zero-order chi connectivity index (χ0) is 10.0. The molecule has 1 fully saturated rings. The minimum Gasteiger partial charge on any atom is -0.379 e. The molecule has 6 heteroatoms. The highest BCUT2D eigenvalue weighted by atomic mass is 16.6. The Morgan fingerprint density at radius 2 is 2.07 bits per heavy atom. The van der Waals surface area contributed by atoms with Crippen LogP contribution < -0.4 is 0 Å². The Kier molecular flexibility index (Phi) is 2.49. The summed E-state index contributed by atoms with van der Waals surface area (Å²) >= 11 is 0. The van der Waals surface area contributed by atoms with Gasteiger partial charge >= 0.3 is 0 Å². The number of aromatic nitrogens is 3. The molecule has 0 saturated carbocycles. The molecule has 2 rings (SSSR count). The van der Waals surface area contributed by atoms with Crippen LogP contribution in [-0.2, 0) is 22.1 Å². The molecule has 0 radical (unpaired) electrons. The third kappa shape index (κ3) is 1.63. The molecule has 1 aromatic heterocycles. The first-order chi connectivity index (χ1) is 6.72. The monoisotopic (exact) mass is 199 g/mol. The molecule has 0 atom stereocenters. The summed E-state index contributed by atoms with van der Waals surface area (Å²) in [5.41, 5.74) is -0.520. The fourth-order valence-electron chi connectivity index (χ4n) is 1.50. The molecule has 0 spiro atoms. The minimum atomic E-state index is -1.13. The Balaban J connectivity index is 2.25. The van der Waals surface area contributed by atoms with Crippen LogP contribution in [0.25, 0.3) is 0 Å². The summed E-state index contributed by atoms with van der Waals surface area (Å²) in [5.74, 6) is 0. The standard InChI is InChI=1S/C8H13N3O3/c1-11-7(4-9-10-11)8(12)5-13-2-3-14-6-8/h4,12H,2-3,5-6H2,1H3. The van der Waals surface area contributed by atoms with E-state index in [2.05, 4.69) is 10.3 Å². The van der Waals surface area contributed by atoms with Gasteiger partial charge < -0.3 is 14.6 Å². The Labute approximate surface area is 81.4 Å². The number of aliphatic hydroxyl groups is 1. The van der Waals surface area contributed by atoms with Gasteiger partial charge in [-0.1, -0.05) is 5.21 Å². The third-order valence-electron chi connectivity index (χ3n) is 2.24. The van der Waals surface area contributed by atoms with Gasteiger partial charge in [-0.25, -0.2) is 4.68 Å². The molecule has 0 bridgehead atoms. The first-order valence-electron chi connectivity index (χ1n) is 4.45. The SMILES string of the molecule is Cn1nncc1C1(O)COCCOC1.